The summed E-state index contributed by atoms with van der Waals surface area (Å²) in [4.78, 5) is 13.5. The van der Waals surface area contributed by atoms with Gasteiger partial charge in [-0.15, -0.1) is 0 Å². The van der Waals surface area contributed by atoms with Crippen LogP contribution in [0, 0.1) is 6.92 Å². The second kappa shape index (κ2) is 6.94. The zero-order valence-electron chi connectivity index (χ0n) is 13.6. The van der Waals surface area contributed by atoms with E-state index in [4.69, 9.17) is 4.74 Å². The molecule has 0 bridgehead atoms. The van der Waals surface area contributed by atoms with Crippen molar-refractivity contribution in [1.82, 2.24) is 9.78 Å². The third-order valence-corrected chi connectivity index (χ3v) is 3.38. The summed E-state index contributed by atoms with van der Waals surface area (Å²) in [5.41, 5.74) is 0.723. The van der Waals surface area contributed by atoms with Gasteiger partial charge >= 0.3 is 6.18 Å². The molecular formula is C16H18F3N3O2. The molecule has 0 radical (unpaired) electrons. The Morgan fingerprint density at radius 2 is 2.00 bits per heavy atom. The summed E-state index contributed by atoms with van der Waals surface area (Å²) in [6.07, 6.45) is -4.55. The lowest BCUT2D eigenvalue weighted by Crippen LogP contribution is -2.40. The van der Waals surface area contributed by atoms with Crippen LogP contribution in [0.3, 0.4) is 0 Å². The Hall–Kier alpha value is -2.51. The molecule has 8 heteroatoms. The van der Waals surface area contributed by atoms with Gasteiger partial charge in [-0.3, -0.25) is 14.4 Å². The summed E-state index contributed by atoms with van der Waals surface area (Å²) >= 11 is 0. The van der Waals surface area contributed by atoms with Gasteiger partial charge in [0.2, 0.25) is 0 Å². The molecule has 0 spiro atoms. The van der Waals surface area contributed by atoms with Gasteiger partial charge in [0.15, 0.2) is 0 Å². The normalized spacial score (nSPS) is 11.4. The first-order valence-corrected chi connectivity index (χ1v) is 7.33. The molecule has 1 aromatic carbocycles. The van der Waals surface area contributed by atoms with Crippen LogP contribution in [-0.4, -0.2) is 35.5 Å². The molecule has 130 valence electrons. The number of amides is 1. The third kappa shape index (κ3) is 3.87. The first kappa shape index (κ1) is 17.8. The predicted molar refractivity (Wildman–Crippen MR) is 83.4 cm³/mol. The number of halogens is 3. The number of para-hydroxylation sites is 2. The van der Waals surface area contributed by atoms with Crippen LogP contribution in [0.1, 0.15) is 23.1 Å². The number of hydrogen-bond acceptors (Lipinski definition) is 3. The number of carbonyl (C=O) groups is 1. The Morgan fingerprint density at radius 3 is 2.58 bits per heavy atom. The SMILES string of the molecule is CCn1nc(C)cc1C(=O)N(CC(F)(F)F)c1ccccc1OC. The van der Waals surface area contributed by atoms with E-state index < -0.39 is 18.6 Å². The van der Waals surface area contributed by atoms with Crippen molar-refractivity contribution >= 4 is 11.6 Å². The second-order valence-electron chi connectivity index (χ2n) is 5.17. The van der Waals surface area contributed by atoms with Gasteiger partial charge in [-0.1, -0.05) is 12.1 Å². The first-order valence-electron chi connectivity index (χ1n) is 7.33. The van der Waals surface area contributed by atoms with Gasteiger partial charge in [-0.25, -0.2) is 0 Å². The molecule has 0 aliphatic carbocycles. The minimum atomic E-state index is -4.55. The van der Waals surface area contributed by atoms with Crippen LogP contribution in [-0.2, 0) is 6.54 Å². The van der Waals surface area contributed by atoms with E-state index in [0.717, 1.165) is 0 Å². The maximum atomic E-state index is 13.0. The average molecular weight is 341 g/mol. The first-order chi connectivity index (χ1) is 11.3. The summed E-state index contributed by atoms with van der Waals surface area (Å²) in [6, 6.07) is 7.58. The second-order valence-corrected chi connectivity index (χ2v) is 5.17. The molecule has 1 aromatic heterocycles. The van der Waals surface area contributed by atoms with E-state index in [9.17, 15) is 18.0 Å². The van der Waals surface area contributed by atoms with Crippen molar-refractivity contribution in [3.8, 4) is 5.75 Å². The summed E-state index contributed by atoms with van der Waals surface area (Å²) in [5.74, 6) is -0.589. The lowest BCUT2D eigenvalue weighted by Gasteiger charge is -2.25. The van der Waals surface area contributed by atoms with Crippen molar-refractivity contribution in [1.29, 1.82) is 0 Å². The van der Waals surface area contributed by atoms with Crippen molar-refractivity contribution in [3.63, 3.8) is 0 Å². The number of aryl methyl sites for hydroxylation is 2. The number of nitrogens with zero attached hydrogens (tertiary/aromatic N) is 3. The fourth-order valence-electron chi connectivity index (χ4n) is 2.40. The highest BCUT2D eigenvalue weighted by atomic mass is 19.4. The zero-order chi connectivity index (χ0) is 17.9. The highest BCUT2D eigenvalue weighted by Crippen LogP contribution is 2.31. The molecule has 0 unspecified atom stereocenters. The molecule has 1 heterocycles. The molecule has 0 aliphatic heterocycles. The number of anilines is 1. The molecule has 0 saturated carbocycles. The molecule has 24 heavy (non-hydrogen) atoms. The summed E-state index contributed by atoms with van der Waals surface area (Å²) < 4.78 is 45.6. The van der Waals surface area contributed by atoms with Crippen LogP contribution in [0.15, 0.2) is 30.3 Å². The molecular weight excluding hydrogens is 323 g/mol. The van der Waals surface area contributed by atoms with Gasteiger partial charge in [0, 0.05) is 6.54 Å². The topological polar surface area (TPSA) is 47.4 Å². The quantitative estimate of drug-likeness (QED) is 0.837. The van der Waals surface area contributed by atoms with Crippen molar-refractivity contribution in [2.75, 3.05) is 18.6 Å². The third-order valence-electron chi connectivity index (χ3n) is 3.38. The molecule has 0 saturated heterocycles. The number of carbonyl (C=O) groups excluding carboxylic acids is 1. The molecule has 2 rings (SSSR count). The van der Waals surface area contributed by atoms with Crippen molar-refractivity contribution in [3.05, 3.63) is 41.7 Å². The molecule has 0 atom stereocenters. The Balaban J connectivity index is 2.52. The number of hydrogen-bond donors (Lipinski definition) is 0. The molecule has 5 nitrogen and oxygen atoms in total. The highest BCUT2D eigenvalue weighted by Gasteiger charge is 2.36. The van der Waals surface area contributed by atoms with Crippen molar-refractivity contribution < 1.29 is 22.7 Å². The molecule has 0 aliphatic rings. The van der Waals surface area contributed by atoms with Crippen LogP contribution >= 0.6 is 0 Å². The van der Waals surface area contributed by atoms with E-state index in [1.807, 2.05) is 0 Å². The standard InChI is InChI=1S/C16H18F3N3O2/c1-4-22-13(9-11(2)20-22)15(23)21(10-16(17,18)19)12-7-5-6-8-14(12)24-3/h5-9H,4,10H2,1-3H3. The molecule has 2 aromatic rings. The summed E-state index contributed by atoms with van der Waals surface area (Å²) in [5, 5.41) is 4.12. The monoisotopic (exact) mass is 341 g/mol. The number of aromatic nitrogens is 2. The zero-order valence-corrected chi connectivity index (χ0v) is 13.6. The van der Waals surface area contributed by atoms with E-state index >= 15 is 0 Å². The van der Waals surface area contributed by atoms with Crippen molar-refractivity contribution in [2.45, 2.75) is 26.6 Å². The van der Waals surface area contributed by atoms with E-state index in [1.165, 1.54) is 30.0 Å². The smallest absolute Gasteiger partial charge is 0.406 e. The summed E-state index contributed by atoms with van der Waals surface area (Å²) in [6.45, 7) is 2.40. The average Bonchev–Trinajstić information content (AvgIpc) is 2.92. The maximum Gasteiger partial charge on any atom is 0.406 e. The number of rotatable bonds is 5. The maximum absolute atomic E-state index is 13.0. The van der Waals surface area contributed by atoms with Gasteiger partial charge in [0.25, 0.3) is 5.91 Å². The van der Waals surface area contributed by atoms with Gasteiger partial charge in [-0.05, 0) is 32.0 Å². The largest absolute Gasteiger partial charge is 0.495 e. The fraction of sp³-hybridized carbons (Fsp3) is 0.375. The Bertz CT molecular complexity index is 726. The van der Waals surface area contributed by atoms with Crippen LogP contribution in [0.2, 0.25) is 0 Å². The number of alkyl halides is 3. The Kier molecular flexibility index (Phi) is 5.16. The van der Waals surface area contributed by atoms with Gasteiger partial charge in [0.05, 0.1) is 18.5 Å². The minimum absolute atomic E-state index is 0.0591. The predicted octanol–water partition coefficient (Wildman–Crippen LogP) is 3.43. The van der Waals surface area contributed by atoms with Crippen LogP contribution in [0.4, 0.5) is 18.9 Å². The Labute approximate surface area is 137 Å². The van der Waals surface area contributed by atoms with E-state index in [0.29, 0.717) is 17.1 Å². The summed E-state index contributed by atoms with van der Waals surface area (Å²) in [7, 11) is 1.34. The molecule has 1 amide bonds. The number of ether oxygens (including phenoxy) is 1. The van der Waals surface area contributed by atoms with E-state index in [2.05, 4.69) is 5.10 Å². The molecule has 0 N–H and O–H groups in total. The fourth-order valence-corrected chi connectivity index (χ4v) is 2.40. The van der Waals surface area contributed by atoms with E-state index in [-0.39, 0.29) is 17.1 Å². The lowest BCUT2D eigenvalue weighted by molar-refractivity contribution is -0.118. The van der Waals surface area contributed by atoms with Crippen LogP contribution in [0.5, 0.6) is 5.75 Å². The highest BCUT2D eigenvalue weighted by molar-refractivity contribution is 6.06. The van der Waals surface area contributed by atoms with Crippen LogP contribution in [0.25, 0.3) is 0 Å². The van der Waals surface area contributed by atoms with Gasteiger partial charge in [0.1, 0.15) is 18.0 Å². The lowest BCUT2D eigenvalue weighted by atomic mass is 10.2. The number of benzene rings is 1. The molecule has 0 fully saturated rings. The number of methoxy groups -OCH3 is 1. The minimum Gasteiger partial charge on any atom is -0.495 e. The Morgan fingerprint density at radius 1 is 1.33 bits per heavy atom. The van der Waals surface area contributed by atoms with Gasteiger partial charge < -0.3 is 4.74 Å². The van der Waals surface area contributed by atoms with Crippen molar-refractivity contribution in [2.24, 2.45) is 0 Å². The van der Waals surface area contributed by atoms with Crippen LogP contribution < -0.4 is 9.64 Å². The van der Waals surface area contributed by atoms with E-state index in [1.54, 1.807) is 26.0 Å². The van der Waals surface area contributed by atoms with Gasteiger partial charge in [-0.2, -0.15) is 18.3 Å².